The third-order valence-electron chi connectivity index (χ3n) is 5.92. The Morgan fingerprint density at radius 1 is 1.22 bits per heavy atom. The number of nitrogens with one attached hydrogen (secondary N) is 1. The van der Waals surface area contributed by atoms with Crippen LogP contribution < -0.4 is 5.32 Å². The number of carbonyl (C=O) groups is 1. The van der Waals surface area contributed by atoms with Gasteiger partial charge in [0.15, 0.2) is 5.13 Å². The Kier molecular flexibility index (Phi) is 6.41. The van der Waals surface area contributed by atoms with Gasteiger partial charge in [-0.2, -0.15) is 4.31 Å². The first-order chi connectivity index (χ1) is 15.3. The average molecular weight is 471 g/mol. The summed E-state index contributed by atoms with van der Waals surface area (Å²) in [5, 5.41) is 5.09. The number of nitrogens with zero attached hydrogens (tertiary/aromatic N) is 3. The maximum absolute atomic E-state index is 13.3. The number of rotatable bonds is 5. The SMILES string of the molecule is Cc1cc(C(=O)Nc2nc(-c3cccnc3)cs2)cc(S(=O)(=O)N2CCC(C)CC2)c1C. The molecule has 2 aromatic heterocycles. The summed E-state index contributed by atoms with van der Waals surface area (Å²) in [5.41, 5.74) is 3.32. The second-order valence-electron chi connectivity index (χ2n) is 8.24. The predicted molar refractivity (Wildman–Crippen MR) is 126 cm³/mol. The number of thiazole rings is 1. The number of aryl methyl sites for hydroxylation is 1. The van der Waals surface area contributed by atoms with Crippen molar-refractivity contribution >= 4 is 32.4 Å². The van der Waals surface area contributed by atoms with E-state index in [2.05, 4.69) is 22.2 Å². The molecule has 3 aromatic rings. The van der Waals surface area contributed by atoms with E-state index < -0.39 is 10.0 Å². The van der Waals surface area contributed by atoms with Crippen LogP contribution in [0.5, 0.6) is 0 Å². The van der Waals surface area contributed by atoms with Crippen molar-refractivity contribution < 1.29 is 13.2 Å². The minimum atomic E-state index is -3.67. The molecule has 1 amide bonds. The molecule has 0 aliphatic carbocycles. The van der Waals surface area contributed by atoms with E-state index in [1.165, 1.54) is 21.7 Å². The molecular weight excluding hydrogens is 444 g/mol. The summed E-state index contributed by atoms with van der Waals surface area (Å²) in [6.45, 7) is 6.77. The number of hydrogen-bond donors (Lipinski definition) is 1. The molecule has 0 bridgehead atoms. The van der Waals surface area contributed by atoms with E-state index in [-0.39, 0.29) is 10.8 Å². The average Bonchev–Trinajstić information content (AvgIpc) is 3.24. The molecule has 0 saturated carbocycles. The van der Waals surface area contributed by atoms with Gasteiger partial charge in [0.2, 0.25) is 10.0 Å². The van der Waals surface area contributed by atoms with Gasteiger partial charge in [-0.3, -0.25) is 15.1 Å². The number of anilines is 1. The van der Waals surface area contributed by atoms with Gasteiger partial charge >= 0.3 is 0 Å². The van der Waals surface area contributed by atoms with Crippen LogP contribution in [0.3, 0.4) is 0 Å². The van der Waals surface area contributed by atoms with E-state index in [0.717, 1.165) is 29.7 Å². The standard InChI is InChI=1S/C23H26N4O3S2/c1-15-6-9-27(10-7-15)32(29,30)21-12-19(11-16(2)17(21)3)22(28)26-23-25-20(14-31-23)18-5-4-8-24-13-18/h4-5,8,11-15H,6-7,9-10H2,1-3H3,(H,25,26,28). The number of aromatic nitrogens is 2. The van der Waals surface area contributed by atoms with Gasteiger partial charge in [-0.1, -0.05) is 6.92 Å². The van der Waals surface area contributed by atoms with Crippen LogP contribution in [0.4, 0.5) is 5.13 Å². The number of pyridine rings is 1. The maximum Gasteiger partial charge on any atom is 0.257 e. The summed E-state index contributed by atoms with van der Waals surface area (Å²) in [6.07, 6.45) is 5.10. The highest BCUT2D eigenvalue weighted by Gasteiger charge is 2.30. The van der Waals surface area contributed by atoms with Crippen molar-refractivity contribution in [2.24, 2.45) is 5.92 Å². The lowest BCUT2D eigenvalue weighted by molar-refractivity contribution is 0.102. The van der Waals surface area contributed by atoms with Crippen LogP contribution in [-0.4, -0.2) is 41.7 Å². The molecular formula is C23H26N4O3S2. The largest absolute Gasteiger partial charge is 0.298 e. The first-order valence-electron chi connectivity index (χ1n) is 10.5. The fraction of sp³-hybridized carbons (Fsp3) is 0.348. The Morgan fingerprint density at radius 2 is 1.97 bits per heavy atom. The number of piperidine rings is 1. The maximum atomic E-state index is 13.3. The van der Waals surface area contributed by atoms with Crippen molar-refractivity contribution in [1.82, 2.24) is 14.3 Å². The quantitative estimate of drug-likeness (QED) is 0.593. The fourth-order valence-electron chi connectivity index (χ4n) is 3.74. The molecule has 3 heterocycles. The fourth-order valence-corrected chi connectivity index (χ4v) is 6.25. The van der Waals surface area contributed by atoms with Crippen molar-refractivity contribution in [3.05, 3.63) is 58.7 Å². The number of carbonyl (C=O) groups excluding carboxylic acids is 1. The highest BCUT2D eigenvalue weighted by molar-refractivity contribution is 7.89. The molecule has 32 heavy (non-hydrogen) atoms. The Balaban J connectivity index is 1.59. The first kappa shape index (κ1) is 22.6. The van der Waals surface area contributed by atoms with Crippen molar-refractivity contribution in [3.8, 4) is 11.3 Å². The molecule has 1 saturated heterocycles. The lowest BCUT2D eigenvalue weighted by atomic mass is 10.0. The van der Waals surface area contributed by atoms with E-state index >= 15 is 0 Å². The third kappa shape index (κ3) is 4.60. The highest BCUT2D eigenvalue weighted by Crippen LogP contribution is 2.29. The third-order valence-corrected chi connectivity index (χ3v) is 8.71. The number of sulfonamides is 1. The summed E-state index contributed by atoms with van der Waals surface area (Å²) in [5.74, 6) is 0.139. The predicted octanol–water partition coefficient (Wildman–Crippen LogP) is 4.49. The Labute approximate surface area is 192 Å². The minimum absolute atomic E-state index is 0.201. The van der Waals surface area contributed by atoms with Crippen LogP contribution in [-0.2, 0) is 10.0 Å². The molecule has 1 N–H and O–H groups in total. The molecule has 1 aliphatic heterocycles. The van der Waals surface area contributed by atoms with Gasteiger partial charge < -0.3 is 0 Å². The van der Waals surface area contributed by atoms with E-state index in [0.29, 0.717) is 35.3 Å². The summed E-state index contributed by atoms with van der Waals surface area (Å²) < 4.78 is 28.2. The minimum Gasteiger partial charge on any atom is -0.298 e. The summed E-state index contributed by atoms with van der Waals surface area (Å²) >= 11 is 1.31. The summed E-state index contributed by atoms with van der Waals surface area (Å²) in [4.78, 5) is 21.7. The second-order valence-corrected chi connectivity index (χ2v) is 11.0. The molecule has 0 atom stereocenters. The van der Waals surface area contributed by atoms with Gasteiger partial charge in [-0.25, -0.2) is 13.4 Å². The number of amides is 1. The van der Waals surface area contributed by atoms with E-state index in [4.69, 9.17) is 0 Å². The molecule has 1 aliphatic rings. The van der Waals surface area contributed by atoms with E-state index in [1.807, 2.05) is 24.4 Å². The highest BCUT2D eigenvalue weighted by atomic mass is 32.2. The van der Waals surface area contributed by atoms with Crippen molar-refractivity contribution in [3.63, 3.8) is 0 Å². The van der Waals surface area contributed by atoms with Crippen molar-refractivity contribution in [2.75, 3.05) is 18.4 Å². The van der Waals surface area contributed by atoms with Gasteiger partial charge in [-0.05, 0) is 68.0 Å². The van der Waals surface area contributed by atoms with Gasteiger partial charge in [-0.15, -0.1) is 11.3 Å². The zero-order chi connectivity index (χ0) is 22.9. The van der Waals surface area contributed by atoms with Crippen LogP contribution in [0.2, 0.25) is 0 Å². The van der Waals surface area contributed by atoms with Crippen molar-refractivity contribution in [2.45, 2.75) is 38.5 Å². The van der Waals surface area contributed by atoms with Crippen LogP contribution in [0, 0.1) is 19.8 Å². The molecule has 0 unspecified atom stereocenters. The normalized spacial score (nSPS) is 15.6. The Bertz CT molecular complexity index is 1230. The monoisotopic (exact) mass is 470 g/mol. The van der Waals surface area contributed by atoms with Gasteiger partial charge in [0.1, 0.15) is 0 Å². The van der Waals surface area contributed by atoms with E-state index in [9.17, 15) is 13.2 Å². The molecule has 0 radical (unpaired) electrons. The van der Waals surface area contributed by atoms with Crippen LogP contribution in [0.25, 0.3) is 11.3 Å². The molecule has 168 valence electrons. The lowest BCUT2D eigenvalue weighted by Gasteiger charge is -2.30. The Morgan fingerprint density at radius 3 is 2.66 bits per heavy atom. The molecule has 1 fully saturated rings. The van der Waals surface area contributed by atoms with Crippen LogP contribution in [0.1, 0.15) is 41.3 Å². The summed E-state index contributed by atoms with van der Waals surface area (Å²) in [6, 6.07) is 6.93. The Hall–Kier alpha value is -2.62. The van der Waals surface area contributed by atoms with Gasteiger partial charge in [0, 0.05) is 42.0 Å². The van der Waals surface area contributed by atoms with Gasteiger partial charge in [0.05, 0.1) is 10.6 Å². The molecule has 1 aromatic carbocycles. The lowest BCUT2D eigenvalue weighted by Crippen LogP contribution is -2.38. The first-order valence-corrected chi connectivity index (χ1v) is 12.9. The summed E-state index contributed by atoms with van der Waals surface area (Å²) in [7, 11) is -3.67. The molecule has 4 rings (SSSR count). The molecule has 7 nitrogen and oxygen atoms in total. The molecule has 9 heteroatoms. The van der Waals surface area contributed by atoms with Gasteiger partial charge in [0.25, 0.3) is 5.91 Å². The number of benzene rings is 1. The number of hydrogen-bond acceptors (Lipinski definition) is 6. The zero-order valence-corrected chi connectivity index (χ0v) is 20.0. The van der Waals surface area contributed by atoms with Crippen LogP contribution >= 0.6 is 11.3 Å². The smallest absolute Gasteiger partial charge is 0.257 e. The second kappa shape index (κ2) is 9.09. The van der Waals surface area contributed by atoms with Crippen molar-refractivity contribution in [1.29, 1.82) is 0 Å². The van der Waals surface area contributed by atoms with Crippen LogP contribution in [0.15, 0.2) is 46.9 Å². The van der Waals surface area contributed by atoms with E-state index in [1.54, 1.807) is 25.4 Å². The zero-order valence-electron chi connectivity index (χ0n) is 18.3. The topological polar surface area (TPSA) is 92.3 Å². The molecule has 0 spiro atoms.